The van der Waals surface area contributed by atoms with Gasteiger partial charge in [0.2, 0.25) is 5.91 Å². The molecule has 0 radical (unpaired) electrons. The van der Waals surface area contributed by atoms with Gasteiger partial charge in [0.1, 0.15) is 16.9 Å². The molecule has 0 aromatic carbocycles. The molecule has 1 aliphatic carbocycles. The van der Waals surface area contributed by atoms with Gasteiger partial charge in [-0.1, -0.05) is 43.4 Å². The van der Waals surface area contributed by atoms with Crippen molar-refractivity contribution in [2.24, 2.45) is 5.92 Å². The average Bonchev–Trinajstić information content (AvgIpc) is 3.23. The van der Waals surface area contributed by atoms with Gasteiger partial charge >= 0.3 is 0 Å². The van der Waals surface area contributed by atoms with Crippen LogP contribution in [0.15, 0.2) is 40.3 Å². The second kappa shape index (κ2) is 9.53. The molecule has 3 rings (SSSR count). The topological polar surface area (TPSA) is 98.1 Å². The Morgan fingerprint density at radius 3 is 2.52 bits per heavy atom. The van der Waals surface area contributed by atoms with Gasteiger partial charge in [-0.05, 0) is 50.8 Å². The molecular formula is C22H28ClN3O4S. The summed E-state index contributed by atoms with van der Waals surface area (Å²) in [6.07, 6.45) is 7.68. The maximum absolute atomic E-state index is 13.2. The molecular weight excluding hydrogens is 438 g/mol. The molecule has 1 atom stereocenters. The fourth-order valence-electron chi connectivity index (χ4n) is 3.89. The molecule has 0 aliphatic heterocycles. The zero-order valence-corrected chi connectivity index (χ0v) is 19.5. The van der Waals surface area contributed by atoms with Crippen LogP contribution in [0.1, 0.15) is 57.6 Å². The molecule has 0 unspecified atom stereocenters. The number of sulfone groups is 1. The van der Waals surface area contributed by atoms with E-state index in [1.807, 2.05) is 13.0 Å². The summed E-state index contributed by atoms with van der Waals surface area (Å²) in [6, 6.07) is 4.04. The monoisotopic (exact) mass is 465 g/mol. The van der Waals surface area contributed by atoms with Crippen LogP contribution in [0.25, 0.3) is 0 Å². The number of nitrogens with one attached hydrogen (secondary N) is 1. The molecule has 31 heavy (non-hydrogen) atoms. The minimum Gasteiger partial charge on any atom is -0.309 e. The molecule has 2 heterocycles. The van der Waals surface area contributed by atoms with Crippen LogP contribution in [0, 0.1) is 12.8 Å². The van der Waals surface area contributed by atoms with Crippen LogP contribution in [-0.2, 0) is 14.6 Å². The number of carbonyl (C=O) groups is 1. The van der Waals surface area contributed by atoms with E-state index in [4.69, 9.17) is 11.6 Å². The summed E-state index contributed by atoms with van der Waals surface area (Å²) in [5, 5.41) is 1.68. The number of aryl methyl sites for hydroxylation is 1. The minimum absolute atomic E-state index is 0.203. The number of rotatable bonds is 7. The van der Waals surface area contributed by atoms with E-state index in [2.05, 4.69) is 10.3 Å². The highest BCUT2D eigenvalue weighted by atomic mass is 35.5. The second-order valence-electron chi connectivity index (χ2n) is 8.41. The summed E-state index contributed by atoms with van der Waals surface area (Å²) in [4.78, 5) is 30.2. The number of aromatic nitrogens is 2. The molecule has 168 valence electrons. The molecule has 1 saturated carbocycles. The quantitative estimate of drug-likeness (QED) is 0.662. The third-order valence-electron chi connectivity index (χ3n) is 5.78. The predicted octanol–water partition coefficient (Wildman–Crippen LogP) is 4.15. The first-order valence-corrected chi connectivity index (χ1v) is 12.4. The van der Waals surface area contributed by atoms with E-state index in [9.17, 15) is 18.0 Å². The lowest BCUT2D eigenvalue weighted by Gasteiger charge is -2.23. The van der Waals surface area contributed by atoms with E-state index < -0.39 is 26.7 Å². The number of carbonyl (C=O) groups excluding carboxylic acids is 1. The third kappa shape index (κ3) is 5.18. The number of halogens is 1. The van der Waals surface area contributed by atoms with Crippen molar-refractivity contribution in [2.45, 2.75) is 69.1 Å². The molecule has 0 saturated heterocycles. The van der Waals surface area contributed by atoms with Crippen molar-refractivity contribution in [1.29, 1.82) is 0 Å². The maximum atomic E-state index is 13.2. The van der Waals surface area contributed by atoms with E-state index in [1.54, 1.807) is 12.3 Å². The van der Waals surface area contributed by atoms with E-state index in [1.165, 1.54) is 30.7 Å². The molecule has 1 N–H and O–H groups in total. The van der Waals surface area contributed by atoms with Crippen LogP contribution < -0.4 is 10.9 Å². The molecule has 0 spiro atoms. The standard InChI is InChI=1S/C22H28ClN3O4S/c1-14(2)31(29,30)18-10-11-26(22(28)20(18)23)17(12-16-6-4-5-7-16)21(27)25-19-9-8-15(3)13-24-19/h8-11,13-14,16-17H,4-7,12H2,1-3H3,(H,24,25,27)/t17-/m0/s1. The largest absolute Gasteiger partial charge is 0.309 e. The third-order valence-corrected chi connectivity index (χ3v) is 8.46. The lowest BCUT2D eigenvalue weighted by Crippen LogP contribution is -2.35. The Hall–Kier alpha value is -2.19. The van der Waals surface area contributed by atoms with Gasteiger partial charge in [-0.25, -0.2) is 13.4 Å². The Kier molecular flexibility index (Phi) is 7.21. The Labute approximate surface area is 187 Å². The highest BCUT2D eigenvalue weighted by Crippen LogP contribution is 2.33. The highest BCUT2D eigenvalue weighted by Gasteiger charge is 2.30. The van der Waals surface area contributed by atoms with Crippen molar-refractivity contribution in [1.82, 2.24) is 9.55 Å². The van der Waals surface area contributed by atoms with Crippen molar-refractivity contribution in [2.75, 3.05) is 5.32 Å². The van der Waals surface area contributed by atoms with Gasteiger partial charge in [-0.15, -0.1) is 0 Å². The molecule has 0 bridgehead atoms. The van der Waals surface area contributed by atoms with Crippen LogP contribution in [0.2, 0.25) is 5.02 Å². The summed E-state index contributed by atoms with van der Waals surface area (Å²) in [7, 11) is -3.72. The van der Waals surface area contributed by atoms with Gasteiger partial charge in [0.15, 0.2) is 9.84 Å². The van der Waals surface area contributed by atoms with Crippen LogP contribution >= 0.6 is 11.6 Å². The maximum Gasteiger partial charge on any atom is 0.271 e. The molecule has 9 heteroatoms. The Morgan fingerprint density at radius 1 is 1.26 bits per heavy atom. The molecule has 2 aromatic heterocycles. The summed E-state index contributed by atoms with van der Waals surface area (Å²) in [5.41, 5.74) is 0.281. The van der Waals surface area contributed by atoms with Crippen LogP contribution in [0.4, 0.5) is 5.82 Å². The number of hydrogen-bond acceptors (Lipinski definition) is 5. The van der Waals surface area contributed by atoms with Gasteiger partial charge in [-0.2, -0.15) is 0 Å². The van der Waals surface area contributed by atoms with Crippen molar-refractivity contribution >= 4 is 33.2 Å². The van der Waals surface area contributed by atoms with Crippen molar-refractivity contribution in [3.05, 3.63) is 51.5 Å². The average molecular weight is 466 g/mol. The van der Waals surface area contributed by atoms with E-state index in [0.29, 0.717) is 18.2 Å². The first kappa shape index (κ1) is 23.5. The molecule has 1 aliphatic rings. The number of nitrogens with zero attached hydrogens (tertiary/aromatic N) is 2. The predicted molar refractivity (Wildman–Crippen MR) is 121 cm³/mol. The smallest absolute Gasteiger partial charge is 0.271 e. The first-order chi connectivity index (χ1) is 14.6. The summed E-state index contributed by atoms with van der Waals surface area (Å²) >= 11 is 6.21. The zero-order valence-electron chi connectivity index (χ0n) is 18.0. The summed E-state index contributed by atoms with van der Waals surface area (Å²) in [6.45, 7) is 4.96. The fourth-order valence-corrected chi connectivity index (χ4v) is 5.47. The summed E-state index contributed by atoms with van der Waals surface area (Å²) < 4.78 is 26.3. The molecule has 1 fully saturated rings. The Balaban J connectivity index is 1.98. The van der Waals surface area contributed by atoms with Gasteiger partial charge in [-0.3, -0.25) is 9.59 Å². The van der Waals surface area contributed by atoms with Crippen molar-refractivity contribution in [3.63, 3.8) is 0 Å². The van der Waals surface area contributed by atoms with Gasteiger partial charge in [0.05, 0.1) is 10.1 Å². The van der Waals surface area contributed by atoms with E-state index >= 15 is 0 Å². The van der Waals surface area contributed by atoms with E-state index in [0.717, 1.165) is 31.2 Å². The molecule has 2 aromatic rings. The van der Waals surface area contributed by atoms with Crippen LogP contribution in [-0.4, -0.2) is 29.1 Å². The summed E-state index contributed by atoms with van der Waals surface area (Å²) in [5.74, 6) is 0.331. The number of hydrogen-bond donors (Lipinski definition) is 1. The number of anilines is 1. The lowest BCUT2D eigenvalue weighted by molar-refractivity contribution is -0.119. The van der Waals surface area contributed by atoms with Gasteiger partial charge in [0, 0.05) is 12.4 Å². The fraction of sp³-hybridized carbons (Fsp3) is 0.500. The van der Waals surface area contributed by atoms with Crippen molar-refractivity contribution < 1.29 is 13.2 Å². The van der Waals surface area contributed by atoms with Crippen LogP contribution in [0.3, 0.4) is 0 Å². The number of pyridine rings is 2. The number of amides is 1. The zero-order chi connectivity index (χ0) is 22.8. The SMILES string of the molecule is Cc1ccc(NC(=O)[C@H](CC2CCCC2)n2ccc(S(=O)(=O)C(C)C)c(Cl)c2=O)nc1. The van der Waals surface area contributed by atoms with E-state index in [-0.39, 0.29) is 15.8 Å². The lowest BCUT2D eigenvalue weighted by atomic mass is 9.97. The molecule has 7 nitrogen and oxygen atoms in total. The highest BCUT2D eigenvalue weighted by molar-refractivity contribution is 7.92. The Morgan fingerprint density at radius 2 is 1.94 bits per heavy atom. The first-order valence-electron chi connectivity index (χ1n) is 10.5. The van der Waals surface area contributed by atoms with Gasteiger partial charge in [0.25, 0.3) is 5.56 Å². The van der Waals surface area contributed by atoms with Crippen LogP contribution in [0.5, 0.6) is 0 Å². The van der Waals surface area contributed by atoms with Crippen molar-refractivity contribution in [3.8, 4) is 0 Å². The normalized spacial score (nSPS) is 15.9. The second-order valence-corrected chi connectivity index (χ2v) is 11.3. The minimum atomic E-state index is -3.72. The Bertz CT molecular complexity index is 1100. The molecule has 1 amide bonds. The van der Waals surface area contributed by atoms with Gasteiger partial charge < -0.3 is 9.88 Å².